The van der Waals surface area contributed by atoms with Gasteiger partial charge >= 0.3 is 0 Å². The summed E-state index contributed by atoms with van der Waals surface area (Å²) in [5, 5.41) is 9.70. The number of hydrogen-bond acceptors (Lipinski definition) is 3. The topological polar surface area (TPSA) is 57.9 Å². The number of carbonyl (C=O) groups excluding carboxylic acids is 2. The van der Waals surface area contributed by atoms with Gasteiger partial charge < -0.3 is 0 Å². The van der Waals surface area contributed by atoms with Gasteiger partial charge in [0.05, 0.1) is 17.9 Å². The Balaban J connectivity index is 1.95. The molecule has 0 aliphatic heterocycles. The van der Waals surface area contributed by atoms with E-state index in [1.165, 1.54) is 33.1 Å². The number of hydrogen-bond donors (Lipinski definition) is 0. The maximum atomic E-state index is 11.9. The van der Waals surface area contributed by atoms with Crippen molar-refractivity contribution in [3.8, 4) is 6.07 Å². The van der Waals surface area contributed by atoms with Gasteiger partial charge in [-0.3, -0.25) is 9.59 Å². The Kier molecular flexibility index (Phi) is 3.23. The molecule has 0 heterocycles. The fourth-order valence-electron chi connectivity index (χ4n) is 5.88. The number of Topliss-reactive ketones (excluding diaryl/α,β-unsaturated/α-hetero) is 2. The summed E-state index contributed by atoms with van der Waals surface area (Å²) in [5.74, 6) is 0.853. The van der Waals surface area contributed by atoms with Gasteiger partial charge in [-0.1, -0.05) is 0 Å². The van der Waals surface area contributed by atoms with E-state index in [1.807, 2.05) is 0 Å². The van der Waals surface area contributed by atoms with E-state index in [9.17, 15) is 14.9 Å². The van der Waals surface area contributed by atoms with E-state index in [1.54, 1.807) is 0 Å². The minimum Gasteiger partial charge on any atom is -0.299 e. The highest BCUT2D eigenvalue weighted by Gasteiger charge is 2.57. The number of nitriles is 1. The normalized spacial score (nSPS) is 39.6. The largest absolute Gasteiger partial charge is 0.299 e. The van der Waals surface area contributed by atoms with Gasteiger partial charge in [-0.15, -0.1) is 0 Å². The zero-order valence-electron chi connectivity index (χ0n) is 12.4. The number of nitrogens with zero attached hydrogens (tertiary/aromatic N) is 1. The molecule has 4 aliphatic rings. The summed E-state index contributed by atoms with van der Waals surface area (Å²) in [7, 11) is 0. The third kappa shape index (κ3) is 2.01. The number of carbonyl (C=O) groups is 2. The third-order valence-electron chi connectivity index (χ3n) is 6.09. The molecular weight excluding hydrogens is 250 g/mol. The van der Waals surface area contributed by atoms with Crippen molar-refractivity contribution in [2.75, 3.05) is 0 Å². The van der Waals surface area contributed by atoms with Gasteiger partial charge in [0.2, 0.25) is 0 Å². The maximum absolute atomic E-state index is 11.9. The zero-order valence-corrected chi connectivity index (χ0v) is 12.4. The molecule has 4 aliphatic carbocycles. The summed E-state index contributed by atoms with van der Waals surface area (Å²) in [6, 6.07) is 2.38. The Labute approximate surface area is 120 Å². The van der Waals surface area contributed by atoms with Crippen molar-refractivity contribution >= 4 is 11.6 Å². The Bertz CT molecular complexity index is 438. The lowest BCUT2D eigenvalue weighted by Crippen LogP contribution is -2.52. The summed E-state index contributed by atoms with van der Waals surface area (Å²) in [6.45, 7) is 2.94. The molecule has 4 fully saturated rings. The molecule has 0 amide bonds. The van der Waals surface area contributed by atoms with E-state index in [2.05, 4.69) is 6.07 Å². The Morgan fingerprint density at radius 2 is 1.40 bits per heavy atom. The summed E-state index contributed by atoms with van der Waals surface area (Å²) in [4.78, 5) is 23.8. The lowest BCUT2D eigenvalue weighted by Gasteiger charge is -2.59. The van der Waals surface area contributed by atoms with E-state index in [0.29, 0.717) is 0 Å². The van der Waals surface area contributed by atoms with Crippen LogP contribution in [0.25, 0.3) is 0 Å². The van der Waals surface area contributed by atoms with E-state index in [0.717, 1.165) is 37.0 Å². The van der Waals surface area contributed by atoms with Crippen molar-refractivity contribution in [1.82, 2.24) is 0 Å². The van der Waals surface area contributed by atoms with Crippen LogP contribution in [-0.4, -0.2) is 11.6 Å². The van der Waals surface area contributed by atoms with E-state index in [4.69, 9.17) is 0 Å². The Hall–Kier alpha value is -1.17. The van der Waals surface area contributed by atoms with E-state index < -0.39 is 11.8 Å². The van der Waals surface area contributed by atoms with Crippen LogP contribution in [0.4, 0.5) is 0 Å². The highest BCUT2D eigenvalue weighted by Crippen LogP contribution is 2.63. The first-order chi connectivity index (χ1) is 9.45. The SMILES string of the molecule is CC(=O)C(C(C)=O)C(C#N)C12CC3CC(CC(C3)C1)C2. The molecule has 0 radical (unpaired) electrons. The Morgan fingerprint density at radius 1 is 1.00 bits per heavy atom. The van der Waals surface area contributed by atoms with Crippen molar-refractivity contribution < 1.29 is 9.59 Å². The molecule has 1 unspecified atom stereocenters. The molecule has 20 heavy (non-hydrogen) atoms. The Morgan fingerprint density at radius 3 is 1.70 bits per heavy atom. The van der Waals surface area contributed by atoms with Crippen LogP contribution in [0.5, 0.6) is 0 Å². The molecule has 0 aromatic heterocycles. The molecule has 0 saturated heterocycles. The predicted molar refractivity (Wildman–Crippen MR) is 74.6 cm³/mol. The molecule has 0 aromatic carbocycles. The van der Waals surface area contributed by atoms with Crippen LogP contribution in [0, 0.1) is 46.3 Å². The average Bonchev–Trinajstić information content (AvgIpc) is 2.32. The summed E-state index contributed by atoms with van der Waals surface area (Å²) < 4.78 is 0. The molecule has 4 bridgehead atoms. The van der Waals surface area contributed by atoms with Gasteiger partial charge in [0.15, 0.2) is 0 Å². The molecule has 3 nitrogen and oxygen atoms in total. The molecule has 3 heteroatoms. The van der Waals surface area contributed by atoms with Crippen LogP contribution < -0.4 is 0 Å². The monoisotopic (exact) mass is 273 g/mol. The van der Waals surface area contributed by atoms with Gasteiger partial charge in [0, 0.05) is 0 Å². The van der Waals surface area contributed by atoms with Crippen molar-refractivity contribution in [2.24, 2.45) is 35.0 Å². The van der Waals surface area contributed by atoms with Gasteiger partial charge in [-0.25, -0.2) is 0 Å². The van der Waals surface area contributed by atoms with Crippen molar-refractivity contribution in [1.29, 1.82) is 5.26 Å². The lowest BCUT2D eigenvalue weighted by molar-refractivity contribution is -0.140. The predicted octanol–water partition coefficient (Wildman–Crippen LogP) is 3.14. The van der Waals surface area contributed by atoms with Crippen molar-refractivity contribution in [2.45, 2.75) is 52.4 Å². The van der Waals surface area contributed by atoms with Gasteiger partial charge in [-0.05, 0) is 75.5 Å². The van der Waals surface area contributed by atoms with Gasteiger partial charge in [0.25, 0.3) is 0 Å². The van der Waals surface area contributed by atoms with Crippen LogP contribution in [-0.2, 0) is 9.59 Å². The minimum atomic E-state index is -0.698. The molecule has 4 rings (SSSR count). The highest BCUT2D eigenvalue weighted by molar-refractivity contribution is 6.01. The summed E-state index contributed by atoms with van der Waals surface area (Å²) in [5.41, 5.74) is -0.0501. The fourth-order valence-corrected chi connectivity index (χ4v) is 5.88. The number of ketones is 2. The second-order valence-corrected chi connectivity index (χ2v) is 7.59. The van der Waals surface area contributed by atoms with Crippen molar-refractivity contribution in [3.05, 3.63) is 0 Å². The standard InChI is InChI=1S/C17H23NO2/c1-10(19)16(11(2)20)15(9-18)17-6-12-3-13(7-17)5-14(4-12)8-17/h12-16H,3-8H2,1-2H3. The third-order valence-corrected chi connectivity index (χ3v) is 6.09. The van der Waals surface area contributed by atoms with Crippen LogP contribution in [0.15, 0.2) is 0 Å². The quantitative estimate of drug-likeness (QED) is 0.739. The van der Waals surface area contributed by atoms with Crippen molar-refractivity contribution in [3.63, 3.8) is 0 Å². The molecule has 108 valence electrons. The maximum Gasteiger partial charge on any atom is 0.141 e. The molecule has 4 saturated carbocycles. The van der Waals surface area contributed by atoms with Crippen LogP contribution in [0.2, 0.25) is 0 Å². The summed E-state index contributed by atoms with van der Waals surface area (Å²) >= 11 is 0. The first kappa shape index (κ1) is 13.8. The first-order valence-electron chi connectivity index (χ1n) is 7.85. The first-order valence-corrected chi connectivity index (χ1v) is 7.85. The molecule has 0 N–H and O–H groups in total. The average molecular weight is 273 g/mol. The zero-order chi connectivity index (χ0) is 14.5. The fraction of sp³-hybridized carbons (Fsp3) is 0.824. The second kappa shape index (κ2) is 4.69. The van der Waals surface area contributed by atoms with E-state index >= 15 is 0 Å². The summed E-state index contributed by atoms with van der Waals surface area (Å²) in [6.07, 6.45) is 7.11. The van der Waals surface area contributed by atoms with E-state index in [-0.39, 0.29) is 17.0 Å². The second-order valence-electron chi connectivity index (χ2n) is 7.59. The lowest BCUT2D eigenvalue weighted by atomic mass is 9.45. The van der Waals surface area contributed by atoms with Crippen LogP contribution in [0.1, 0.15) is 52.4 Å². The molecule has 0 aromatic rings. The highest BCUT2D eigenvalue weighted by atomic mass is 16.1. The van der Waals surface area contributed by atoms with Crippen LogP contribution in [0.3, 0.4) is 0 Å². The van der Waals surface area contributed by atoms with Gasteiger partial charge in [-0.2, -0.15) is 5.26 Å². The van der Waals surface area contributed by atoms with Gasteiger partial charge in [0.1, 0.15) is 11.6 Å². The molecule has 0 spiro atoms. The molecule has 1 atom stereocenters. The number of rotatable bonds is 4. The smallest absolute Gasteiger partial charge is 0.141 e. The van der Waals surface area contributed by atoms with Crippen LogP contribution >= 0.6 is 0 Å². The molecular formula is C17H23NO2. The minimum absolute atomic E-state index is 0.0501.